The molecule has 1 fully saturated rings. The first-order valence-electron chi connectivity index (χ1n) is 6.57. The summed E-state index contributed by atoms with van der Waals surface area (Å²) in [5, 5.41) is 3.35. The second-order valence-corrected chi connectivity index (χ2v) is 4.92. The van der Waals surface area contributed by atoms with Crippen LogP contribution in [0.4, 0.5) is 5.82 Å². The summed E-state index contributed by atoms with van der Waals surface area (Å²) in [5.41, 5.74) is 0. The van der Waals surface area contributed by atoms with Crippen molar-refractivity contribution in [3.05, 3.63) is 12.4 Å². The van der Waals surface area contributed by atoms with Crippen molar-refractivity contribution in [1.82, 2.24) is 14.9 Å². The predicted molar refractivity (Wildman–Crippen MR) is 71.9 cm³/mol. The van der Waals surface area contributed by atoms with Gasteiger partial charge in [0, 0.05) is 31.0 Å². The molecule has 1 aliphatic heterocycles. The summed E-state index contributed by atoms with van der Waals surface area (Å²) in [4.78, 5) is 10.9. The molecular weight excluding hydrogens is 228 g/mol. The third kappa shape index (κ3) is 2.90. The van der Waals surface area contributed by atoms with Gasteiger partial charge in [-0.3, -0.25) is 4.90 Å². The SMILES string of the molecule is COc1nccnc1NCC1CCCN1C(C)C. The molecule has 0 radical (unpaired) electrons. The highest BCUT2D eigenvalue weighted by Gasteiger charge is 2.26. The lowest BCUT2D eigenvalue weighted by Crippen LogP contribution is -2.39. The lowest BCUT2D eigenvalue weighted by molar-refractivity contribution is 0.211. The molecule has 1 N–H and O–H groups in total. The Hall–Kier alpha value is -1.36. The average Bonchev–Trinajstić information content (AvgIpc) is 2.85. The first-order valence-corrected chi connectivity index (χ1v) is 6.57. The molecule has 0 spiro atoms. The van der Waals surface area contributed by atoms with E-state index in [9.17, 15) is 0 Å². The number of aromatic nitrogens is 2. The molecular formula is C13H22N4O. The molecule has 2 rings (SSSR count). The van der Waals surface area contributed by atoms with Gasteiger partial charge in [-0.1, -0.05) is 0 Å². The number of hydrogen-bond acceptors (Lipinski definition) is 5. The second-order valence-electron chi connectivity index (χ2n) is 4.92. The smallest absolute Gasteiger partial charge is 0.257 e. The number of rotatable bonds is 5. The molecule has 2 heterocycles. The molecule has 100 valence electrons. The minimum atomic E-state index is 0.562. The van der Waals surface area contributed by atoms with Gasteiger partial charge in [0.25, 0.3) is 5.88 Å². The summed E-state index contributed by atoms with van der Waals surface area (Å²) in [6, 6.07) is 1.18. The monoisotopic (exact) mass is 250 g/mol. The standard InChI is InChI=1S/C13H22N4O/c1-10(2)17-8-4-5-11(17)9-16-12-13(18-3)15-7-6-14-12/h6-7,10-11H,4-5,8-9H2,1-3H3,(H,14,16). The zero-order valence-electron chi connectivity index (χ0n) is 11.4. The molecule has 5 heteroatoms. The predicted octanol–water partition coefficient (Wildman–Crippen LogP) is 1.77. The van der Waals surface area contributed by atoms with Gasteiger partial charge in [-0.2, -0.15) is 0 Å². The molecule has 1 aromatic rings. The van der Waals surface area contributed by atoms with E-state index in [1.165, 1.54) is 19.4 Å². The number of ether oxygens (including phenoxy) is 1. The van der Waals surface area contributed by atoms with Crippen LogP contribution in [-0.2, 0) is 0 Å². The number of hydrogen-bond donors (Lipinski definition) is 1. The van der Waals surface area contributed by atoms with Crippen LogP contribution in [0.5, 0.6) is 5.88 Å². The lowest BCUT2D eigenvalue weighted by Gasteiger charge is -2.28. The Morgan fingerprint density at radius 2 is 2.22 bits per heavy atom. The highest BCUT2D eigenvalue weighted by Crippen LogP contribution is 2.22. The number of methoxy groups -OCH3 is 1. The van der Waals surface area contributed by atoms with E-state index in [0.29, 0.717) is 18.0 Å². The lowest BCUT2D eigenvalue weighted by atomic mass is 10.2. The molecule has 1 unspecified atom stereocenters. The van der Waals surface area contributed by atoms with Gasteiger partial charge in [-0.15, -0.1) is 0 Å². The van der Waals surface area contributed by atoms with Crippen LogP contribution in [0.15, 0.2) is 12.4 Å². The van der Waals surface area contributed by atoms with Gasteiger partial charge in [0.05, 0.1) is 7.11 Å². The number of likely N-dealkylation sites (tertiary alicyclic amines) is 1. The fraction of sp³-hybridized carbons (Fsp3) is 0.692. The molecule has 1 saturated heterocycles. The van der Waals surface area contributed by atoms with Gasteiger partial charge in [0.1, 0.15) is 0 Å². The Labute approximate surface area is 109 Å². The first-order chi connectivity index (χ1) is 8.72. The first kappa shape index (κ1) is 13.1. The zero-order chi connectivity index (χ0) is 13.0. The normalized spacial score (nSPS) is 20.3. The molecule has 0 bridgehead atoms. The van der Waals surface area contributed by atoms with E-state index in [-0.39, 0.29) is 0 Å². The van der Waals surface area contributed by atoms with Crippen LogP contribution in [0.1, 0.15) is 26.7 Å². The largest absolute Gasteiger partial charge is 0.478 e. The zero-order valence-corrected chi connectivity index (χ0v) is 11.4. The summed E-state index contributed by atoms with van der Waals surface area (Å²) in [7, 11) is 1.62. The molecule has 18 heavy (non-hydrogen) atoms. The minimum absolute atomic E-state index is 0.562. The number of nitrogens with one attached hydrogen (secondary N) is 1. The van der Waals surface area contributed by atoms with Crippen molar-refractivity contribution in [2.24, 2.45) is 0 Å². The van der Waals surface area contributed by atoms with E-state index in [0.717, 1.165) is 12.4 Å². The summed E-state index contributed by atoms with van der Waals surface area (Å²) >= 11 is 0. The van der Waals surface area contributed by atoms with Crippen molar-refractivity contribution in [3.63, 3.8) is 0 Å². The van der Waals surface area contributed by atoms with Crippen molar-refractivity contribution in [3.8, 4) is 5.88 Å². The average molecular weight is 250 g/mol. The summed E-state index contributed by atoms with van der Waals surface area (Å²) in [6.45, 7) is 6.59. The van der Waals surface area contributed by atoms with E-state index in [2.05, 4.69) is 34.0 Å². The maximum atomic E-state index is 5.19. The Morgan fingerprint density at radius 3 is 2.94 bits per heavy atom. The quantitative estimate of drug-likeness (QED) is 0.863. The maximum absolute atomic E-state index is 5.19. The molecule has 0 aromatic carbocycles. The van der Waals surface area contributed by atoms with Crippen molar-refractivity contribution in [2.75, 3.05) is 25.5 Å². The van der Waals surface area contributed by atoms with E-state index in [4.69, 9.17) is 4.74 Å². The summed E-state index contributed by atoms with van der Waals surface area (Å²) in [5.74, 6) is 1.29. The van der Waals surface area contributed by atoms with Crippen LogP contribution in [0, 0.1) is 0 Å². The molecule has 5 nitrogen and oxygen atoms in total. The molecule has 1 atom stereocenters. The third-order valence-corrected chi connectivity index (χ3v) is 3.45. The molecule has 1 aliphatic rings. The fourth-order valence-corrected chi connectivity index (χ4v) is 2.57. The second kappa shape index (κ2) is 6.00. The van der Waals surface area contributed by atoms with Crippen LogP contribution in [-0.4, -0.2) is 47.2 Å². The van der Waals surface area contributed by atoms with Gasteiger partial charge in [0.2, 0.25) is 0 Å². The molecule has 1 aromatic heterocycles. The third-order valence-electron chi connectivity index (χ3n) is 3.45. The van der Waals surface area contributed by atoms with E-state index in [1.54, 1.807) is 19.5 Å². The minimum Gasteiger partial charge on any atom is -0.478 e. The van der Waals surface area contributed by atoms with Gasteiger partial charge >= 0.3 is 0 Å². The Morgan fingerprint density at radius 1 is 1.44 bits per heavy atom. The van der Waals surface area contributed by atoms with Crippen LogP contribution < -0.4 is 10.1 Å². The van der Waals surface area contributed by atoms with Crippen molar-refractivity contribution >= 4 is 5.82 Å². The van der Waals surface area contributed by atoms with Crippen LogP contribution >= 0.6 is 0 Å². The molecule has 0 saturated carbocycles. The topological polar surface area (TPSA) is 50.3 Å². The van der Waals surface area contributed by atoms with Gasteiger partial charge in [-0.05, 0) is 33.2 Å². The van der Waals surface area contributed by atoms with Crippen LogP contribution in [0.25, 0.3) is 0 Å². The molecule has 0 amide bonds. The Kier molecular flexibility index (Phi) is 4.36. The Balaban J connectivity index is 1.95. The van der Waals surface area contributed by atoms with Crippen molar-refractivity contribution in [1.29, 1.82) is 0 Å². The highest BCUT2D eigenvalue weighted by atomic mass is 16.5. The molecule has 0 aliphatic carbocycles. The fourth-order valence-electron chi connectivity index (χ4n) is 2.57. The van der Waals surface area contributed by atoms with Gasteiger partial charge in [0.15, 0.2) is 5.82 Å². The van der Waals surface area contributed by atoms with Gasteiger partial charge < -0.3 is 10.1 Å². The van der Waals surface area contributed by atoms with E-state index < -0.39 is 0 Å². The van der Waals surface area contributed by atoms with E-state index >= 15 is 0 Å². The summed E-state index contributed by atoms with van der Waals surface area (Å²) in [6.07, 6.45) is 5.84. The van der Waals surface area contributed by atoms with Crippen molar-refractivity contribution < 1.29 is 4.74 Å². The van der Waals surface area contributed by atoms with Crippen LogP contribution in [0.2, 0.25) is 0 Å². The number of anilines is 1. The van der Waals surface area contributed by atoms with E-state index in [1.807, 2.05) is 0 Å². The number of nitrogens with zero attached hydrogens (tertiary/aromatic N) is 3. The highest BCUT2D eigenvalue weighted by molar-refractivity contribution is 5.44. The Bertz CT molecular complexity index is 383. The summed E-state index contributed by atoms with van der Waals surface area (Å²) < 4.78 is 5.19. The van der Waals surface area contributed by atoms with Crippen LogP contribution in [0.3, 0.4) is 0 Å². The van der Waals surface area contributed by atoms with Gasteiger partial charge in [-0.25, -0.2) is 9.97 Å². The van der Waals surface area contributed by atoms with Crippen molar-refractivity contribution in [2.45, 2.75) is 38.8 Å². The maximum Gasteiger partial charge on any atom is 0.257 e.